The molecule has 2 rings (SSSR count). The summed E-state index contributed by atoms with van der Waals surface area (Å²) < 4.78 is 0. The summed E-state index contributed by atoms with van der Waals surface area (Å²) in [5.74, 6) is 0.940. The third-order valence-corrected chi connectivity index (χ3v) is 13.8. The van der Waals surface area contributed by atoms with E-state index < -0.39 is 0 Å². The van der Waals surface area contributed by atoms with Gasteiger partial charge in [-0.05, 0) is 48.9 Å². The lowest BCUT2D eigenvalue weighted by molar-refractivity contribution is 0.424. The first-order valence-electron chi connectivity index (χ1n) is 6.38. The second-order valence-electron chi connectivity index (χ2n) is 4.81. The molecule has 0 aliphatic heterocycles. The van der Waals surface area contributed by atoms with Gasteiger partial charge in [0.05, 0.1) is 0 Å². The van der Waals surface area contributed by atoms with Gasteiger partial charge in [-0.1, -0.05) is 45.9 Å². The van der Waals surface area contributed by atoms with Crippen LogP contribution in [0.3, 0.4) is 0 Å². The first-order valence-corrected chi connectivity index (χ1v) is 13.0. The van der Waals surface area contributed by atoms with Crippen LogP contribution in [0.2, 0.25) is 0 Å². The normalized spacial score (nSPS) is 21.7. The molecular weight excluding hydrogens is 280 g/mol. The molecule has 1 aliphatic rings. The molecule has 0 N–H and O–H groups in total. The quantitative estimate of drug-likeness (QED) is 0.696. The Morgan fingerprint density at radius 2 is 2.29 bits per heavy atom. The van der Waals surface area contributed by atoms with Gasteiger partial charge in [-0.3, -0.25) is 0 Å². The molecule has 0 fully saturated rings. The van der Waals surface area contributed by atoms with Crippen molar-refractivity contribution < 1.29 is 0 Å². The third-order valence-electron chi connectivity index (χ3n) is 3.66. The lowest BCUT2D eigenvalue weighted by atomic mass is 9.82. The van der Waals surface area contributed by atoms with Crippen molar-refractivity contribution in [2.24, 2.45) is 5.92 Å². The summed E-state index contributed by atoms with van der Waals surface area (Å²) in [5.41, 5.74) is 3.33. The lowest BCUT2D eigenvalue weighted by Crippen LogP contribution is -2.20. The van der Waals surface area contributed by atoms with Crippen LogP contribution < -0.4 is 5.30 Å². The predicted molar refractivity (Wildman–Crippen MR) is 91.2 cm³/mol. The van der Waals surface area contributed by atoms with Gasteiger partial charge in [0.25, 0.3) is 0 Å². The van der Waals surface area contributed by atoms with Crippen molar-refractivity contribution in [1.29, 1.82) is 0 Å². The van der Waals surface area contributed by atoms with E-state index in [0.717, 1.165) is 13.9 Å². The van der Waals surface area contributed by atoms with E-state index >= 15 is 0 Å². The maximum atomic E-state index is 3.07. The minimum Gasteiger partial charge on any atom is -0.109 e. The molecule has 94 valence electrons. The molecular formula is C13H22P4. The van der Waals surface area contributed by atoms with Crippen LogP contribution in [0.4, 0.5) is 0 Å². The molecule has 0 saturated carbocycles. The Morgan fingerprint density at radius 3 is 3.00 bits per heavy atom. The number of hydrogen-bond donors (Lipinski definition) is 0. The van der Waals surface area contributed by atoms with Gasteiger partial charge in [-0.15, -0.1) is 17.9 Å². The molecule has 1 aromatic carbocycles. The Bertz CT molecular complexity index is 378. The minimum absolute atomic E-state index is 0.00903. The second-order valence-corrected chi connectivity index (χ2v) is 13.9. The van der Waals surface area contributed by atoms with Crippen LogP contribution in [0.25, 0.3) is 0 Å². The molecule has 0 radical (unpaired) electrons. The number of benzene rings is 1. The van der Waals surface area contributed by atoms with Gasteiger partial charge in [0.2, 0.25) is 0 Å². The van der Waals surface area contributed by atoms with Gasteiger partial charge in [0.1, 0.15) is 0 Å². The Balaban J connectivity index is 2.26. The van der Waals surface area contributed by atoms with Crippen molar-refractivity contribution in [3.8, 4) is 0 Å². The molecule has 17 heavy (non-hydrogen) atoms. The highest BCUT2D eigenvalue weighted by Crippen LogP contribution is 2.65. The Morgan fingerprint density at radius 1 is 1.47 bits per heavy atom. The van der Waals surface area contributed by atoms with Crippen LogP contribution in [0.15, 0.2) is 18.2 Å². The van der Waals surface area contributed by atoms with Crippen molar-refractivity contribution in [3.05, 3.63) is 29.3 Å². The molecule has 5 unspecified atom stereocenters. The molecule has 1 aromatic rings. The predicted octanol–water partition coefficient (Wildman–Crippen LogP) is 4.87. The van der Waals surface area contributed by atoms with Crippen LogP contribution in [-0.4, -0.2) is 0 Å². The highest BCUT2D eigenvalue weighted by Gasteiger charge is 2.21. The summed E-state index contributed by atoms with van der Waals surface area (Å²) in [6.45, 7) is 2.31. The first-order chi connectivity index (χ1) is 8.26. The Kier molecular flexibility index (Phi) is 5.84. The molecule has 0 saturated heterocycles. The number of aryl methyl sites for hydroxylation is 1. The average Bonchev–Trinajstić information content (AvgIpc) is 2.37. The van der Waals surface area contributed by atoms with E-state index in [0.29, 0.717) is 0 Å². The van der Waals surface area contributed by atoms with E-state index in [9.17, 15) is 0 Å². The number of rotatable bonds is 4. The van der Waals surface area contributed by atoms with Gasteiger partial charge in [-0.2, -0.15) is 0 Å². The largest absolute Gasteiger partial charge is 0.109 e. The van der Waals surface area contributed by atoms with Gasteiger partial charge in [0.15, 0.2) is 0 Å². The fourth-order valence-corrected chi connectivity index (χ4v) is 6.73. The van der Waals surface area contributed by atoms with Crippen molar-refractivity contribution >= 4 is 38.4 Å². The average molecular weight is 302 g/mol. The summed E-state index contributed by atoms with van der Waals surface area (Å²) in [6, 6.07) is 6.97. The molecule has 0 spiro atoms. The van der Waals surface area contributed by atoms with Gasteiger partial charge < -0.3 is 0 Å². The van der Waals surface area contributed by atoms with Gasteiger partial charge in [-0.25, -0.2) is 0 Å². The van der Waals surface area contributed by atoms with E-state index in [2.05, 4.69) is 43.0 Å². The first kappa shape index (κ1) is 14.4. The van der Waals surface area contributed by atoms with Crippen LogP contribution in [0.1, 0.15) is 37.3 Å². The molecule has 0 nitrogen and oxygen atoms in total. The second kappa shape index (κ2) is 6.92. The van der Waals surface area contributed by atoms with E-state index in [1.54, 1.807) is 16.4 Å². The van der Waals surface area contributed by atoms with E-state index in [4.69, 9.17) is 0 Å². The highest BCUT2D eigenvalue weighted by atomic mass is 32.6. The highest BCUT2D eigenvalue weighted by molar-refractivity contribution is 8.63. The summed E-state index contributed by atoms with van der Waals surface area (Å²) in [6.07, 6.45) is 6.79. The zero-order valence-corrected chi connectivity index (χ0v) is 14.7. The van der Waals surface area contributed by atoms with Crippen LogP contribution in [0.5, 0.6) is 0 Å². The zero-order chi connectivity index (χ0) is 12.3. The van der Waals surface area contributed by atoms with Crippen molar-refractivity contribution in [2.75, 3.05) is 0 Å². The van der Waals surface area contributed by atoms with Crippen molar-refractivity contribution in [3.63, 3.8) is 0 Å². The molecule has 0 heterocycles. The van der Waals surface area contributed by atoms with Crippen LogP contribution in [0, 0.1) is 5.92 Å². The molecule has 0 amide bonds. The summed E-state index contributed by atoms with van der Waals surface area (Å²) in [7, 11) is 6.96. The third kappa shape index (κ3) is 3.48. The number of fused-ring (bicyclic) bond motifs is 1. The molecule has 0 bridgehead atoms. The van der Waals surface area contributed by atoms with Gasteiger partial charge >= 0.3 is 0 Å². The SMILES string of the molecule is CCCC1CCc2cccc(P(P)PP)c2C1. The molecule has 4 heteroatoms. The smallest absolute Gasteiger partial charge is 0.0123 e. The molecule has 1 aliphatic carbocycles. The topological polar surface area (TPSA) is 0 Å². The van der Waals surface area contributed by atoms with E-state index in [1.165, 1.54) is 32.1 Å². The van der Waals surface area contributed by atoms with E-state index in [1.807, 2.05) is 0 Å². The lowest BCUT2D eigenvalue weighted by Gasteiger charge is -2.28. The molecule has 5 atom stereocenters. The van der Waals surface area contributed by atoms with Crippen molar-refractivity contribution in [2.45, 2.75) is 39.0 Å². The Labute approximate surface area is 113 Å². The van der Waals surface area contributed by atoms with Crippen LogP contribution in [-0.2, 0) is 12.8 Å². The maximum Gasteiger partial charge on any atom is -0.0123 e. The minimum atomic E-state index is -0.00903. The fraction of sp³-hybridized carbons (Fsp3) is 0.538. The van der Waals surface area contributed by atoms with Gasteiger partial charge in [0, 0.05) is 0 Å². The fourth-order valence-electron chi connectivity index (χ4n) is 2.79. The monoisotopic (exact) mass is 302 g/mol. The Hall–Kier alpha value is 0.940. The molecule has 0 aromatic heterocycles. The zero-order valence-electron chi connectivity index (χ0n) is 10.4. The van der Waals surface area contributed by atoms with E-state index in [-0.39, 0.29) is 7.30 Å². The van der Waals surface area contributed by atoms with Crippen molar-refractivity contribution in [1.82, 2.24) is 0 Å². The maximum absolute atomic E-state index is 3.07. The summed E-state index contributed by atoms with van der Waals surface area (Å²) >= 11 is 0. The summed E-state index contributed by atoms with van der Waals surface area (Å²) in [5, 5.41) is 1.65. The standard InChI is InChI=1S/C13H22P4/c1-2-4-10-7-8-11-5-3-6-13(12(11)9-10)17(15)16-14/h3,5-6,10,16H,2,4,7-9,14-15H2,1H3. The van der Waals surface area contributed by atoms with Crippen LogP contribution >= 0.6 is 33.1 Å². The summed E-state index contributed by atoms with van der Waals surface area (Å²) in [4.78, 5) is 0. The number of hydrogen-bond acceptors (Lipinski definition) is 0.